The lowest BCUT2D eigenvalue weighted by atomic mass is 9.89. The minimum Gasteiger partial charge on any atom is -0.480 e. The number of ketones is 1. The number of Topliss-reactive ketones (excluding diaryl/α,β-unsaturated/α-hetero) is 1. The topological polar surface area (TPSA) is 80.4 Å². The molecule has 0 aliphatic carbocycles. The van der Waals surface area contributed by atoms with E-state index in [1.165, 1.54) is 12.1 Å². The van der Waals surface area contributed by atoms with Gasteiger partial charge < -0.3 is 10.8 Å². The van der Waals surface area contributed by atoms with Crippen molar-refractivity contribution in [2.75, 3.05) is 5.73 Å². The second-order valence-electron chi connectivity index (χ2n) is 4.27. The third-order valence-corrected chi connectivity index (χ3v) is 3.20. The zero-order chi connectivity index (χ0) is 14.7. The standard InChI is InChI=1S/C15H12ClNO3/c16-10-7-5-9(6-8-10)14(18)13(15(19)20)11-3-1-2-4-12(11)17/h1-8,13H,17H2,(H,19,20). The highest BCUT2D eigenvalue weighted by Gasteiger charge is 2.30. The van der Waals surface area contributed by atoms with Crippen LogP contribution in [0.3, 0.4) is 0 Å². The number of rotatable bonds is 4. The maximum atomic E-state index is 12.4. The van der Waals surface area contributed by atoms with E-state index in [2.05, 4.69) is 0 Å². The molecule has 0 saturated carbocycles. The number of carbonyl (C=O) groups excluding carboxylic acids is 1. The van der Waals surface area contributed by atoms with Crippen LogP contribution in [0.1, 0.15) is 21.8 Å². The third-order valence-electron chi connectivity index (χ3n) is 2.94. The van der Waals surface area contributed by atoms with Crippen LogP contribution >= 0.6 is 11.6 Å². The van der Waals surface area contributed by atoms with Crippen molar-refractivity contribution in [2.45, 2.75) is 5.92 Å². The molecule has 0 aliphatic rings. The lowest BCUT2D eigenvalue weighted by Crippen LogP contribution is -2.22. The number of nitrogen functional groups attached to an aromatic ring is 1. The zero-order valence-electron chi connectivity index (χ0n) is 10.4. The van der Waals surface area contributed by atoms with Gasteiger partial charge in [0.15, 0.2) is 5.78 Å². The first kappa shape index (κ1) is 14.1. The van der Waals surface area contributed by atoms with E-state index in [1.54, 1.807) is 36.4 Å². The Kier molecular flexibility index (Phi) is 4.05. The van der Waals surface area contributed by atoms with Gasteiger partial charge in [-0.2, -0.15) is 0 Å². The van der Waals surface area contributed by atoms with Crippen LogP contribution in [-0.2, 0) is 4.79 Å². The van der Waals surface area contributed by atoms with E-state index >= 15 is 0 Å². The van der Waals surface area contributed by atoms with Crippen molar-refractivity contribution in [2.24, 2.45) is 0 Å². The van der Waals surface area contributed by atoms with Crippen molar-refractivity contribution >= 4 is 29.0 Å². The molecule has 0 aliphatic heterocycles. The van der Waals surface area contributed by atoms with E-state index in [9.17, 15) is 14.7 Å². The summed E-state index contributed by atoms with van der Waals surface area (Å²) in [7, 11) is 0. The van der Waals surface area contributed by atoms with Gasteiger partial charge in [-0.25, -0.2) is 0 Å². The number of hydrogen-bond donors (Lipinski definition) is 2. The van der Waals surface area contributed by atoms with Crippen LogP contribution in [0.5, 0.6) is 0 Å². The highest BCUT2D eigenvalue weighted by Crippen LogP contribution is 2.26. The minimum absolute atomic E-state index is 0.280. The second-order valence-corrected chi connectivity index (χ2v) is 4.71. The summed E-state index contributed by atoms with van der Waals surface area (Å²) in [6.07, 6.45) is 0. The van der Waals surface area contributed by atoms with Crippen molar-refractivity contribution in [1.29, 1.82) is 0 Å². The van der Waals surface area contributed by atoms with E-state index in [1.807, 2.05) is 0 Å². The number of carboxylic acid groups (broad SMARTS) is 1. The fraction of sp³-hybridized carbons (Fsp3) is 0.0667. The maximum Gasteiger partial charge on any atom is 0.319 e. The van der Waals surface area contributed by atoms with Crippen molar-refractivity contribution in [3.8, 4) is 0 Å². The summed E-state index contributed by atoms with van der Waals surface area (Å²) in [5.74, 6) is -3.08. The number of nitrogens with two attached hydrogens (primary N) is 1. The van der Waals surface area contributed by atoms with Crippen LogP contribution in [0.15, 0.2) is 48.5 Å². The molecule has 2 rings (SSSR count). The third kappa shape index (κ3) is 2.81. The molecular formula is C15H12ClNO3. The van der Waals surface area contributed by atoms with E-state index < -0.39 is 17.7 Å². The van der Waals surface area contributed by atoms with Gasteiger partial charge in [0, 0.05) is 16.3 Å². The molecule has 0 amide bonds. The Morgan fingerprint density at radius 1 is 1.05 bits per heavy atom. The Morgan fingerprint density at radius 3 is 2.20 bits per heavy atom. The summed E-state index contributed by atoms with van der Waals surface area (Å²) in [6.45, 7) is 0. The van der Waals surface area contributed by atoms with Crippen LogP contribution in [0.4, 0.5) is 5.69 Å². The van der Waals surface area contributed by atoms with E-state index in [-0.39, 0.29) is 11.3 Å². The average Bonchev–Trinajstić information content (AvgIpc) is 2.41. The Morgan fingerprint density at radius 2 is 1.65 bits per heavy atom. The van der Waals surface area contributed by atoms with Crippen LogP contribution in [-0.4, -0.2) is 16.9 Å². The number of aliphatic carboxylic acids is 1. The maximum absolute atomic E-state index is 12.4. The Bertz CT molecular complexity index is 652. The van der Waals surface area contributed by atoms with Gasteiger partial charge >= 0.3 is 5.97 Å². The molecule has 2 aromatic carbocycles. The van der Waals surface area contributed by atoms with E-state index in [0.29, 0.717) is 10.6 Å². The normalized spacial score (nSPS) is 11.8. The van der Waals surface area contributed by atoms with Crippen molar-refractivity contribution in [1.82, 2.24) is 0 Å². The number of carboxylic acids is 1. The summed E-state index contributed by atoms with van der Waals surface area (Å²) in [5, 5.41) is 9.81. The molecule has 0 spiro atoms. The first-order valence-corrected chi connectivity index (χ1v) is 6.25. The van der Waals surface area contributed by atoms with Crippen molar-refractivity contribution in [3.05, 3.63) is 64.7 Å². The second kappa shape index (κ2) is 5.75. The van der Waals surface area contributed by atoms with Gasteiger partial charge in [-0.05, 0) is 35.9 Å². The van der Waals surface area contributed by atoms with Crippen LogP contribution in [0.25, 0.3) is 0 Å². The molecule has 1 atom stereocenters. The zero-order valence-corrected chi connectivity index (χ0v) is 11.2. The minimum atomic E-state index is -1.32. The number of anilines is 1. The number of benzene rings is 2. The Balaban J connectivity index is 2.44. The molecule has 2 aromatic rings. The molecule has 0 saturated heterocycles. The number of hydrogen-bond acceptors (Lipinski definition) is 3. The summed E-state index contributed by atoms with van der Waals surface area (Å²) >= 11 is 5.75. The predicted molar refractivity (Wildman–Crippen MR) is 77.0 cm³/mol. The lowest BCUT2D eigenvalue weighted by molar-refractivity contribution is -0.137. The molecule has 0 fully saturated rings. The number of carbonyl (C=O) groups is 2. The molecule has 5 heteroatoms. The smallest absolute Gasteiger partial charge is 0.319 e. The molecule has 20 heavy (non-hydrogen) atoms. The monoisotopic (exact) mass is 289 g/mol. The predicted octanol–water partition coefficient (Wildman–Crippen LogP) is 2.97. The van der Waals surface area contributed by atoms with Crippen molar-refractivity contribution in [3.63, 3.8) is 0 Å². The molecule has 0 heterocycles. The molecule has 0 radical (unpaired) electrons. The quantitative estimate of drug-likeness (QED) is 0.515. The molecule has 0 aromatic heterocycles. The van der Waals surface area contributed by atoms with Gasteiger partial charge in [-0.1, -0.05) is 29.8 Å². The van der Waals surface area contributed by atoms with E-state index in [4.69, 9.17) is 17.3 Å². The summed E-state index contributed by atoms with van der Waals surface area (Å²) in [5.41, 5.74) is 6.62. The molecule has 1 unspecified atom stereocenters. The number of para-hydroxylation sites is 1. The summed E-state index contributed by atoms with van der Waals surface area (Å²) in [4.78, 5) is 23.8. The van der Waals surface area contributed by atoms with Crippen molar-refractivity contribution < 1.29 is 14.7 Å². The lowest BCUT2D eigenvalue weighted by Gasteiger charge is -2.14. The highest BCUT2D eigenvalue weighted by atomic mass is 35.5. The Hall–Kier alpha value is -2.33. The van der Waals surface area contributed by atoms with Gasteiger partial charge in [-0.15, -0.1) is 0 Å². The number of halogens is 1. The molecular weight excluding hydrogens is 278 g/mol. The summed E-state index contributed by atoms with van der Waals surface area (Å²) < 4.78 is 0. The van der Waals surface area contributed by atoms with Crippen LogP contribution < -0.4 is 5.73 Å². The van der Waals surface area contributed by atoms with Crippen LogP contribution in [0.2, 0.25) is 5.02 Å². The van der Waals surface area contributed by atoms with Gasteiger partial charge in [0.2, 0.25) is 0 Å². The van der Waals surface area contributed by atoms with Gasteiger partial charge in [-0.3, -0.25) is 9.59 Å². The molecule has 3 N–H and O–H groups in total. The van der Waals surface area contributed by atoms with Gasteiger partial charge in [0.05, 0.1) is 0 Å². The Labute approximate surface area is 120 Å². The van der Waals surface area contributed by atoms with Crippen LogP contribution in [0, 0.1) is 0 Å². The first-order chi connectivity index (χ1) is 9.50. The van der Waals surface area contributed by atoms with Gasteiger partial charge in [0.1, 0.15) is 5.92 Å². The molecule has 102 valence electrons. The summed E-state index contributed by atoms with van der Waals surface area (Å²) in [6, 6.07) is 12.5. The van der Waals surface area contributed by atoms with Gasteiger partial charge in [0.25, 0.3) is 0 Å². The first-order valence-electron chi connectivity index (χ1n) is 5.87. The molecule has 4 nitrogen and oxygen atoms in total. The molecule has 0 bridgehead atoms. The highest BCUT2D eigenvalue weighted by molar-refractivity contribution is 6.30. The fourth-order valence-corrected chi connectivity index (χ4v) is 2.07. The largest absolute Gasteiger partial charge is 0.480 e. The van der Waals surface area contributed by atoms with E-state index in [0.717, 1.165) is 0 Å². The SMILES string of the molecule is Nc1ccccc1C(C(=O)O)C(=O)c1ccc(Cl)cc1. The fourth-order valence-electron chi connectivity index (χ4n) is 1.94. The average molecular weight is 290 g/mol.